The summed E-state index contributed by atoms with van der Waals surface area (Å²) < 4.78 is 4.98. The maximum Gasteiger partial charge on any atom is 0.251 e. The molecule has 0 saturated heterocycles. The molecule has 0 atom stereocenters. The molecule has 0 spiro atoms. The fourth-order valence-electron chi connectivity index (χ4n) is 1.50. The summed E-state index contributed by atoms with van der Waals surface area (Å²) in [5, 5.41) is 15.2. The summed E-state index contributed by atoms with van der Waals surface area (Å²) in [5.74, 6) is 0.346. The third-order valence-corrected chi connectivity index (χ3v) is 2.35. The zero-order valence-electron chi connectivity index (χ0n) is 9.80. The molecule has 2 rings (SSSR count). The zero-order chi connectivity index (χ0) is 13.0. The van der Waals surface area contributed by atoms with Crippen LogP contribution < -0.4 is 5.32 Å². The van der Waals surface area contributed by atoms with E-state index in [1.54, 1.807) is 30.3 Å². The van der Waals surface area contributed by atoms with Crippen LogP contribution in [0.5, 0.6) is 0 Å². The molecule has 2 aromatic rings. The maximum atomic E-state index is 11.8. The van der Waals surface area contributed by atoms with E-state index in [4.69, 9.17) is 9.78 Å². The molecule has 1 heterocycles. The topological polar surface area (TPSA) is 78.9 Å². The van der Waals surface area contributed by atoms with Gasteiger partial charge in [0.1, 0.15) is 0 Å². The number of nitrogens with one attached hydrogen (secondary N) is 1. The van der Waals surface area contributed by atoms with Gasteiger partial charge < -0.3 is 9.84 Å². The Morgan fingerprint density at radius 1 is 1.50 bits per heavy atom. The Morgan fingerprint density at radius 2 is 2.33 bits per heavy atom. The molecule has 0 fully saturated rings. The van der Waals surface area contributed by atoms with Gasteiger partial charge in [0.2, 0.25) is 0 Å². The quantitative estimate of drug-likeness (QED) is 0.888. The van der Waals surface area contributed by atoms with Crippen LogP contribution in [-0.2, 0) is 6.54 Å². The van der Waals surface area contributed by atoms with E-state index in [1.807, 2.05) is 13.0 Å². The summed E-state index contributed by atoms with van der Waals surface area (Å²) in [5.41, 5.74) is 1.68. The number of carbonyl (C=O) groups excluding carboxylic acids is 1. The van der Waals surface area contributed by atoms with E-state index in [2.05, 4.69) is 10.5 Å². The average molecular weight is 241 g/mol. The lowest BCUT2D eigenvalue weighted by molar-refractivity contribution is 0.0947. The highest BCUT2D eigenvalue weighted by Gasteiger charge is 2.07. The van der Waals surface area contributed by atoms with Crippen LogP contribution >= 0.6 is 0 Å². The van der Waals surface area contributed by atoms with E-state index in [1.165, 1.54) is 0 Å². The van der Waals surface area contributed by atoms with Gasteiger partial charge in [-0.25, -0.2) is 0 Å². The van der Waals surface area contributed by atoms with Crippen molar-refractivity contribution in [3.05, 3.63) is 52.9 Å². The Kier molecular flexibility index (Phi) is 3.39. The van der Waals surface area contributed by atoms with Crippen molar-refractivity contribution in [1.29, 1.82) is 5.26 Å². The second kappa shape index (κ2) is 5.15. The van der Waals surface area contributed by atoms with Crippen LogP contribution in [0.1, 0.15) is 27.4 Å². The number of amides is 1. The lowest BCUT2D eigenvalue weighted by Gasteiger charge is -2.02. The van der Waals surface area contributed by atoms with E-state index >= 15 is 0 Å². The van der Waals surface area contributed by atoms with Gasteiger partial charge in [-0.15, -0.1) is 0 Å². The zero-order valence-corrected chi connectivity index (χ0v) is 9.80. The van der Waals surface area contributed by atoms with Crippen LogP contribution in [-0.4, -0.2) is 11.1 Å². The van der Waals surface area contributed by atoms with Gasteiger partial charge in [0.25, 0.3) is 5.91 Å². The molecule has 0 aliphatic rings. The molecule has 1 aromatic heterocycles. The molecule has 0 aliphatic heterocycles. The monoisotopic (exact) mass is 241 g/mol. The highest BCUT2D eigenvalue weighted by molar-refractivity contribution is 5.94. The van der Waals surface area contributed by atoms with Crippen LogP contribution in [0.3, 0.4) is 0 Å². The molecule has 1 amide bonds. The Labute approximate surface area is 104 Å². The summed E-state index contributed by atoms with van der Waals surface area (Å²) in [7, 11) is 0. The number of benzene rings is 1. The third kappa shape index (κ3) is 2.74. The number of hydrogen-bond donors (Lipinski definition) is 1. The highest BCUT2D eigenvalue weighted by atomic mass is 16.5. The molecule has 0 bridgehead atoms. The maximum absolute atomic E-state index is 11.8. The van der Waals surface area contributed by atoms with Crippen LogP contribution in [0, 0.1) is 18.3 Å². The Hall–Kier alpha value is -2.61. The number of aryl methyl sites for hydroxylation is 1. The summed E-state index contributed by atoms with van der Waals surface area (Å²) in [6.45, 7) is 2.08. The van der Waals surface area contributed by atoms with Crippen LogP contribution in [0.2, 0.25) is 0 Å². The number of carbonyl (C=O) groups is 1. The predicted molar refractivity (Wildman–Crippen MR) is 63.6 cm³/mol. The number of nitrogens with zero attached hydrogens (tertiary/aromatic N) is 2. The van der Waals surface area contributed by atoms with E-state index in [0.29, 0.717) is 16.9 Å². The van der Waals surface area contributed by atoms with E-state index in [-0.39, 0.29) is 12.5 Å². The number of rotatable bonds is 3. The van der Waals surface area contributed by atoms with Crippen LogP contribution in [0.25, 0.3) is 0 Å². The normalized spacial score (nSPS) is 9.78. The smallest absolute Gasteiger partial charge is 0.251 e. The van der Waals surface area contributed by atoms with Crippen molar-refractivity contribution in [1.82, 2.24) is 10.5 Å². The fourth-order valence-corrected chi connectivity index (χ4v) is 1.50. The van der Waals surface area contributed by atoms with Gasteiger partial charge in [-0.2, -0.15) is 5.26 Å². The molecule has 0 saturated carbocycles. The van der Waals surface area contributed by atoms with Crippen molar-refractivity contribution in [3.63, 3.8) is 0 Å². The minimum absolute atomic E-state index is 0.249. The second-order valence-corrected chi connectivity index (χ2v) is 3.81. The molecular formula is C13H11N3O2. The van der Waals surface area contributed by atoms with E-state index in [0.717, 1.165) is 5.69 Å². The molecule has 18 heavy (non-hydrogen) atoms. The molecule has 5 nitrogen and oxygen atoms in total. The van der Waals surface area contributed by atoms with Crippen LogP contribution in [0.15, 0.2) is 34.9 Å². The van der Waals surface area contributed by atoms with Gasteiger partial charge in [0.05, 0.1) is 23.9 Å². The van der Waals surface area contributed by atoms with Gasteiger partial charge in [-0.05, 0) is 25.1 Å². The van der Waals surface area contributed by atoms with Gasteiger partial charge in [-0.3, -0.25) is 4.79 Å². The summed E-state index contributed by atoms with van der Waals surface area (Å²) in [6, 6.07) is 10.3. The number of hydrogen-bond acceptors (Lipinski definition) is 4. The van der Waals surface area contributed by atoms with Crippen molar-refractivity contribution < 1.29 is 9.32 Å². The lowest BCUT2D eigenvalue weighted by Crippen LogP contribution is -2.22. The van der Waals surface area contributed by atoms with Crippen molar-refractivity contribution in [2.75, 3.05) is 0 Å². The summed E-state index contributed by atoms with van der Waals surface area (Å²) >= 11 is 0. The van der Waals surface area contributed by atoms with E-state index in [9.17, 15) is 4.79 Å². The van der Waals surface area contributed by atoms with Gasteiger partial charge in [0, 0.05) is 11.6 Å². The molecular weight excluding hydrogens is 230 g/mol. The number of nitriles is 1. The molecule has 1 aromatic carbocycles. The SMILES string of the molecule is Cc1cc(CNC(=O)c2cccc(C#N)c2)on1. The van der Waals surface area contributed by atoms with Crippen molar-refractivity contribution >= 4 is 5.91 Å². The van der Waals surface area contributed by atoms with Crippen molar-refractivity contribution in [2.24, 2.45) is 0 Å². The Bertz CT molecular complexity index is 611. The van der Waals surface area contributed by atoms with Crippen molar-refractivity contribution in [3.8, 4) is 6.07 Å². The molecule has 0 radical (unpaired) electrons. The number of aromatic nitrogens is 1. The molecule has 1 N–H and O–H groups in total. The first-order chi connectivity index (χ1) is 8.69. The molecule has 90 valence electrons. The van der Waals surface area contributed by atoms with Crippen LogP contribution in [0.4, 0.5) is 0 Å². The minimum Gasteiger partial charge on any atom is -0.359 e. The first-order valence-electron chi connectivity index (χ1n) is 5.39. The lowest BCUT2D eigenvalue weighted by atomic mass is 10.1. The van der Waals surface area contributed by atoms with Gasteiger partial charge in [0.15, 0.2) is 5.76 Å². The molecule has 0 aliphatic carbocycles. The molecule has 0 unspecified atom stereocenters. The fraction of sp³-hybridized carbons (Fsp3) is 0.154. The first-order valence-corrected chi connectivity index (χ1v) is 5.39. The first kappa shape index (κ1) is 11.9. The second-order valence-electron chi connectivity index (χ2n) is 3.81. The Morgan fingerprint density at radius 3 is 3.00 bits per heavy atom. The standard InChI is InChI=1S/C13H11N3O2/c1-9-5-12(18-16-9)8-15-13(17)11-4-2-3-10(6-11)7-14/h2-6H,8H2,1H3,(H,15,17). The summed E-state index contributed by atoms with van der Waals surface area (Å²) in [4.78, 5) is 11.8. The summed E-state index contributed by atoms with van der Waals surface area (Å²) in [6.07, 6.45) is 0. The Balaban J connectivity index is 2.01. The third-order valence-electron chi connectivity index (χ3n) is 2.35. The molecule has 5 heteroatoms. The predicted octanol–water partition coefficient (Wildman–Crippen LogP) is 1.78. The largest absolute Gasteiger partial charge is 0.359 e. The van der Waals surface area contributed by atoms with Gasteiger partial charge >= 0.3 is 0 Å². The van der Waals surface area contributed by atoms with Crippen molar-refractivity contribution in [2.45, 2.75) is 13.5 Å². The highest BCUT2D eigenvalue weighted by Crippen LogP contribution is 2.05. The van der Waals surface area contributed by atoms with E-state index < -0.39 is 0 Å². The average Bonchev–Trinajstić information content (AvgIpc) is 2.82. The van der Waals surface area contributed by atoms with Gasteiger partial charge in [-0.1, -0.05) is 11.2 Å². The minimum atomic E-state index is -0.249.